The molecule has 0 aliphatic carbocycles. The maximum absolute atomic E-state index is 12.6. The van der Waals surface area contributed by atoms with Crippen molar-refractivity contribution in [1.29, 1.82) is 0 Å². The number of methoxy groups -OCH3 is 2. The van der Waals surface area contributed by atoms with Crippen LogP contribution in [0.25, 0.3) is 0 Å². The highest BCUT2D eigenvalue weighted by Crippen LogP contribution is 2.30. The molecular formula is C23H25ClN4O4S. The predicted octanol–water partition coefficient (Wildman–Crippen LogP) is 5.01. The van der Waals surface area contributed by atoms with Crippen molar-refractivity contribution >= 4 is 35.0 Å². The van der Waals surface area contributed by atoms with E-state index in [1.165, 1.54) is 18.9 Å². The summed E-state index contributed by atoms with van der Waals surface area (Å²) in [6.45, 7) is 6.16. The SMILES string of the molecule is C=CCn1c(SCC(=O)Nc2cc(OC)ccc2OC)nnc1C(C)Oc1cccc(Cl)c1. The smallest absolute Gasteiger partial charge is 0.234 e. The van der Waals surface area contributed by atoms with Gasteiger partial charge in [0, 0.05) is 17.6 Å². The number of hydrogen-bond donors (Lipinski definition) is 1. The van der Waals surface area contributed by atoms with E-state index in [1.54, 1.807) is 43.5 Å². The zero-order chi connectivity index (χ0) is 23.8. The molecule has 0 aliphatic heterocycles. The minimum Gasteiger partial charge on any atom is -0.497 e. The van der Waals surface area contributed by atoms with Gasteiger partial charge in [0.15, 0.2) is 17.1 Å². The van der Waals surface area contributed by atoms with Crippen molar-refractivity contribution in [1.82, 2.24) is 14.8 Å². The highest BCUT2D eigenvalue weighted by molar-refractivity contribution is 7.99. The van der Waals surface area contributed by atoms with E-state index < -0.39 is 0 Å². The van der Waals surface area contributed by atoms with Crippen molar-refractivity contribution in [3.8, 4) is 17.2 Å². The van der Waals surface area contributed by atoms with E-state index in [9.17, 15) is 4.79 Å². The van der Waals surface area contributed by atoms with Gasteiger partial charge in [0.05, 0.1) is 25.7 Å². The second-order valence-corrected chi connectivity index (χ2v) is 8.24. The van der Waals surface area contributed by atoms with Gasteiger partial charge in [-0.05, 0) is 37.3 Å². The van der Waals surface area contributed by atoms with Gasteiger partial charge >= 0.3 is 0 Å². The Morgan fingerprint density at radius 2 is 2.03 bits per heavy atom. The van der Waals surface area contributed by atoms with Crippen molar-refractivity contribution in [3.05, 3.63) is 66.0 Å². The molecule has 8 nitrogen and oxygen atoms in total. The van der Waals surface area contributed by atoms with Crippen LogP contribution >= 0.6 is 23.4 Å². The fraction of sp³-hybridized carbons (Fsp3) is 0.261. The fourth-order valence-electron chi connectivity index (χ4n) is 3.03. The minimum atomic E-state index is -0.389. The lowest BCUT2D eigenvalue weighted by molar-refractivity contribution is -0.113. The molecule has 33 heavy (non-hydrogen) atoms. The molecule has 0 saturated carbocycles. The number of allylic oxidation sites excluding steroid dienone is 1. The van der Waals surface area contributed by atoms with Gasteiger partial charge in [-0.2, -0.15) is 0 Å². The van der Waals surface area contributed by atoms with Crippen molar-refractivity contribution in [2.24, 2.45) is 0 Å². The molecule has 10 heteroatoms. The molecule has 1 heterocycles. The predicted molar refractivity (Wildman–Crippen MR) is 130 cm³/mol. The molecule has 0 bridgehead atoms. The molecule has 0 radical (unpaired) electrons. The number of anilines is 1. The molecule has 1 N–H and O–H groups in total. The van der Waals surface area contributed by atoms with Gasteiger partial charge in [-0.3, -0.25) is 9.36 Å². The number of aromatic nitrogens is 3. The number of benzene rings is 2. The van der Waals surface area contributed by atoms with E-state index in [-0.39, 0.29) is 17.8 Å². The average molecular weight is 489 g/mol. The summed E-state index contributed by atoms with van der Waals surface area (Å²) in [6.07, 6.45) is 1.35. The molecule has 3 rings (SSSR count). The molecule has 2 aromatic carbocycles. The van der Waals surface area contributed by atoms with Crippen LogP contribution in [0.15, 0.2) is 60.3 Å². The first-order valence-electron chi connectivity index (χ1n) is 10.1. The molecule has 1 unspecified atom stereocenters. The number of halogens is 1. The molecule has 0 aliphatic rings. The number of nitrogens with one attached hydrogen (secondary N) is 1. The van der Waals surface area contributed by atoms with Crippen molar-refractivity contribution in [2.75, 3.05) is 25.3 Å². The molecule has 0 spiro atoms. The minimum absolute atomic E-state index is 0.124. The summed E-state index contributed by atoms with van der Waals surface area (Å²) < 4.78 is 18.4. The maximum atomic E-state index is 12.6. The Kier molecular flexibility index (Phi) is 8.62. The molecule has 1 atom stereocenters. The Morgan fingerprint density at radius 3 is 2.73 bits per heavy atom. The highest BCUT2D eigenvalue weighted by Gasteiger charge is 2.20. The Morgan fingerprint density at radius 1 is 1.21 bits per heavy atom. The molecular weight excluding hydrogens is 464 g/mol. The number of thioether (sulfide) groups is 1. The van der Waals surface area contributed by atoms with Gasteiger partial charge in [0.2, 0.25) is 5.91 Å². The second-order valence-electron chi connectivity index (χ2n) is 6.86. The third-order valence-corrected chi connectivity index (χ3v) is 5.74. The van der Waals surface area contributed by atoms with Crippen LogP contribution in [0.2, 0.25) is 5.02 Å². The van der Waals surface area contributed by atoms with Crippen LogP contribution in [0.1, 0.15) is 18.9 Å². The topological polar surface area (TPSA) is 87.5 Å². The first kappa shape index (κ1) is 24.5. The van der Waals surface area contributed by atoms with Gasteiger partial charge in [0.25, 0.3) is 0 Å². The van der Waals surface area contributed by atoms with Gasteiger partial charge in [0.1, 0.15) is 17.2 Å². The number of rotatable bonds is 11. The zero-order valence-electron chi connectivity index (χ0n) is 18.6. The highest BCUT2D eigenvalue weighted by atomic mass is 35.5. The third-order valence-electron chi connectivity index (χ3n) is 4.54. The van der Waals surface area contributed by atoms with Crippen molar-refractivity contribution < 1.29 is 19.0 Å². The fourth-order valence-corrected chi connectivity index (χ4v) is 3.97. The lowest BCUT2D eigenvalue weighted by atomic mass is 10.2. The molecule has 1 aromatic heterocycles. The number of nitrogens with zero attached hydrogens (tertiary/aromatic N) is 3. The van der Waals surface area contributed by atoms with Crippen molar-refractivity contribution in [2.45, 2.75) is 24.7 Å². The average Bonchev–Trinajstić information content (AvgIpc) is 3.20. The summed E-state index contributed by atoms with van der Waals surface area (Å²) in [4.78, 5) is 12.6. The lowest BCUT2D eigenvalue weighted by Crippen LogP contribution is -2.16. The zero-order valence-corrected chi connectivity index (χ0v) is 20.2. The van der Waals surface area contributed by atoms with Crippen LogP contribution in [0.3, 0.4) is 0 Å². The number of carbonyl (C=O) groups excluding carboxylic acids is 1. The summed E-state index contributed by atoms with van der Waals surface area (Å²) in [5.41, 5.74) is 0.527. The molecule has 0 saturated heterocycles. The second kappa shape index (κ2) is 11.6. The maximum Gasteiger partial charge on any atom is 0.234 e. The Bertz CT molecular complexity index is 1120. The monoisotopic (exact) mass is 488 g/mol. The van der Waals surface area contributed by atoms with E-state index in [2.05, 4.69) is 22.1 Å². The quantitative estimate of drug-likeness (QED) is 0.300. The summed E-state index contributed by atoms with van der Waals surface area (Å²) in [6, 6.07) is 12.3. The van der Waals surface area contributed by atoms with Crippen molar-refractivity contribution in [3.63, 3.8) is 0 Å². The van der Waals surface area contributed by atoms with E-state index in [0.717, 1.165) is 0 Å². The first-order chi connectivity index (χ1) is 15.9. The van der Waals surface area contributed by atoms with Gasteiger partial charge < -0.3 is 19.5 Å². The van der Waals surface area contributed by atoms with Crippen LogP contribution in [0.4, 0.5) is 5.69 Å². The van der Waals surface area contributed by atoms with Crippen LogP contribution < -0.4 is 19.5 Å². The summed E-state index contributed by atoms with van der Waals surface area (Å²) in [5.74, 6) is 2.31. The summed E-state index contributed by atoms with van der Waals surface area (Å²) in [7, 11) is 3.10. The third kappa shape index (κ3) is 6.43. The molecule has 174 valence electrons. The Labute approximate surface area is 201 Å². The lowest BCUT2D eigenvalue weighted by Gasteiger charge is -2.16. The van der Waals surface area contributed by atoms with Crippen LogP contribution in [-0.4, -0.2) is 40.6 Å². The number of amides is 1. The van der Waals surface area contributed by atoms with Crippen LogP contribution in [0, 0.1) is 0 Å². The first-order valence-corrected chi connectivity index (χ1v) is 11.4. The molecule has 1 amide bonds. The van der Waals surface area contributed by atoms with Gasteiger partial charge in [-0.25, -0.2) is 0 Å². The number of hydrogen-bond acceptors (Lipinski definition) is 7. The normalized spacial score (nSPS) is 11.5. The molecule has 0 fully saturated rings. The van der Waals surface area contributed by atoms with Crippen LogP contribution in [-0.2, 0) is 11.3 Å². The van der Waals surface area contributed by atoms with Gasteiger partial charge in [-0.15, -0.1) is 16.8 Å². The standard InChI is InChI=1S/C23H25ClN4O4S/c1-5-11-28-22(15(2)32-18-8-6-7-16(24)12-18)26-27-23(28)33-14-21(29)25-19-13-17(30-3)9-10-20(19)31-4/h5-10,12-13,15H,1,11,14H2,2-4H3,(H,25,29). The van der Waals surface area contributed by atoms with Gasteiger partial charge in [-0.1, -0.05) is 35.5 Å². The largest absolute Gasteiger partial charge is 0.497 e. The van der Waals surface area contributed by atoms with E-state index in [4.69, 9.17) is 25.8 Å². The van der Waals surface area contributed by atoms with Crippen LogP contribution in [0.5, 0.6) is 17.2 Å². The Hall–Kier alpha value is -3.17. The van der Waals surface area contributed by atoms with E-state index >= 15 is 0 Å². The van der Waals surface area contributed by atoms with E-state index in [1.807, 2.05) is 23.6 Å². The summed E-state index contributed by atoms with van der Waals surface area (Å²) >= 11 is 7.31. The molecule has 3 aromatic rings. The Balaban J connectivity index is 1.69. The summed E-state index contributed by atoms with van der Waals surface area (Å²) in [5, 5.41) is 12.5. The van der Waals surface area contributed by atoms with E-state index in [0.29, 0.717) is 45.5 Å². The number of ether oxygens (including phenoxy) is 3. The number of carbonyl (C=O) groups is 1.